The van der Waals surface area contributed by atoms with Crippen LogP contribution in [0.2, 0.25) is 0 Å². The Kier molecular flexibility index (Phi) is 4.76. The van der Waals surface area contributed by atoms with E-state index in [4.69, 9.17) is 14.7 Å². The SMILES string of the molecule is N#Cc1ccc(NC(=O)c2ccc(NCc3ccc4c(c3)OCO4)nc2)cc1. The lowest BCUT2D eigenvalue weighted by Crippen LogP contribution is -2.12. The van der Waals surface area contributed by atoms with E-state index in [1.165, 1.54) is 6.20 Å². The number of nitriles is 1. The molecular weight excluding hydrogens is 356 g/mol. The number of carbonyl (C=O) groups is 1. The predicted molar refractivity (Wildman–Crippen MR) is 103 cm³/mol. The summed E-state index contributed by atoms with van der Waals surface area (Å²) in [4.78, 5) is 16.6. The lowest BCUT2D eigenvalue weighted by molar-refractivity contribution is 0.102. The summed E-state index contributed by atoms with van der Waals surface area (Å²) in [6, 6.07) is 17.9. The summed E-state index contributed by atoms with van der Waals surface area (Å²) in [6.45, 7) is 0.820. The summed E-state index contributed by atoms with van der Waals surface area (Å²) in [5.41, 5.74) is 2.64. The smallest absolute Gasteiger partial charge is 0.257 e. The van der Waals surface area contributed by atoms with Gasteiger partial charge in [-0.2, -0.15) is 5.26 Å². The summed E-state index contributed by atoms with van der Waals surface area (Å²) in [5, 5.41) is 14.8. The van der Waals surface area contributed by atoms with E-state index in [1.54, 1.807) is 36.4 Å². The second kappa shape index (κ2) is 7.68. The maximum absolute atomic E-state index is 12.3. The number of ether oxygens (including phenoxy) is 2. The number of aromatic nitrogens is 1. The largest absolute Gasteiger partial charge is 0.454 e. The maximum Gasteiger partial charge on any atom is 0.257 e. The Balaban J connectivity index is 1.35. The zero-order valence-electron chi connectivity index (χ0n) is 14.8. The van der Waals surface area contributed by atoms with Crippen molar-refractivity contribution in [3.05, 3.63) is 77.5 Å². The Morgan fingerprint density at radius 2 is 1.89 bits per heavy atom. The van der Waals surface area contributed by atoms with E-state index in [1.807, 2.05) is 24.3 Å². The second-order valence-corrected chi connectivity index (χ2v) is 6.12. The Morgan fingerprint density at radius 3 is 2.64 bits per heavy atom. The van der Waals surface area contributed by atoms with E-state index >= 15 is 0 Å². The molecule has 1 aliphatic rings. The van der Waals surface area contributed by atoms with Crippen LogP contribution in [0.4, 0.5) is 11.5 Å². The van der Waals surface area contributed by atoms with Crippen molar-refractivity contribution in [2.75, 3.05) is 17.4 Å². The molecule has 0 saturated carbocycles. The Hall–Kier alpha value is -4.05. The summed E-state index contributed by atoms with van der Waals surface area (Å²) in [6.07, 6.45) is 1.51. The summed E-state index contributed by atoms with van der Waals surface area (Å²) < 4.78 is 10.7. The molecule has 7 nitrogen and oxygen atoms in total. The molecule has 2 heterocycles. The first-order valence-electron chi connectivity index (χ1n) is 8.61. The van der Waals surface area contributed by atoms with Gasteiger partial charge in [0.2, 0.25) is 6.79 Å². The fourth-order valence-corrected chi connectivity index (χ4v) is 2.71. The fourth-order valence-electron chi connectivity index (χ4n) is 2.71. The molecule has 0 radical (unpaired) electrons. The first-order chi connectivity index (χ1) is 13.7. The normalized spacial score (nSPS) is 11.5. The molecule has 7 heteroatoms. The second-order valence-electron chi connectivity index (χ2n) is 6.12. The van der Waals surface area contributed by atoms with Crippen molar-refractivity contribution in [1.29, 1.82) is 5.26 Å². The predicted octanol–water partition coefficient (Wildman–Crippen LogP) is 3.55. The lowest BCUT2D eigenvalue weighted by Gasteiger charge is -2.08. The molecule has 0 spiro atoms. The molecule has 0 atom stereocenters. The van der Waals surface area contributed by atoms with Gasteiger partial charge in [0, 0.05) is 18.4 Å². The van der Waals surface area contributed by atoms with Crippen LogP contribution < -0.4 is 20.1 Å². The van der Waals surface area contributed by atoms with Crippen molar-refractivity contribution in [3.63, 3.8) is 0 Å². The lowest BCUT2D eigenvalue weighted by atomic mass is 10.2. The van der Waals surface area contributed by atoms with Crippen molar-refractivity contribution in [3.8, 4) is 17.6 Å². The number of nitrogens with zero attached hydrogens (tertiary/aromatic N) is 2. The van der Waals surface area contributed by atoms with E-state index in [2.05, 4.69) is 15.6 Å². The minimum absolute atomic E-state index is 0.250. The Bertz CT molecular complexity index is 1040. The minimum Gasteiger partial charge on any atom is -0.454 e. The van der Waals surface area contributed by atoms with Crippen LogP contribution in [0.1, 0.15) is 21.5 Å². The average Bonchev–Trinajstić information content (AvgIpc) is 3.21. The molecule has 2 aromatic carbocycles. The highest BCUT2D eigenvalue weighted by Crippen LogP contribution is 2.32. The number of amides is 1. The van der Waals surface area contributed by atoms with E-state index in [0.717, 1.165) is 17.1 Å². The molecular formula is C21H16N4O3. The van der Waals surface area contributed by atoms with E-state index < -0.39 is 0 Å². The van der Waals surface area contributed by atoms with E-state index in [-0.39, 0.29) is 12.7 Å². The first kappa shape index (κ1) is 17.4. The standard InChI is InChI=1S/C21H16N4O3/c22-10-14-1-5-17(6-2-14)25-21(26)16-4-8-20(24-12-16)23-11-15-3-7-18-19(9-15)28-13-27-18/h1-9,12H,11,13H2,(H,23,24)(H,25,26). The van der Waals surface area contributed by atoms with Crippen molar-refractivity contribution >= 4 is 17.4 Å². The van der Waals surface area contributed by atoms with Gasteiger partial charge in [0.1, 0.15) is 5.82 Å². The van der Waals surface area contributed by atoms with Crippen molar-refractivity contribution in [2.45, 2.75) is 6.54 Å². The number of hydrogen-bond acceptors (Lipinski definition) is 6. The minimum atomic E-state index is -0.264. The van der Waals surface area contributed by atoms with E-state index in [0.29, 0.717) is 29.2 Å². The van der Waals surface area contributed by atoms with Gasteiger partial charge in [-0.3, -0.25) is 4.79 Å². The first-order valence-corrected chi connectivity index (χ1v) is 8.61. The third kappa shape index (κ3) is 3.86. The van der Waals surface area contributed by atoms with Gasteiger partial charge in [-0.15, -0.1) is 0 Å². The van der Waals surface area contributed by atoms with Gasteiger partial charge in [-0.05, 0) is 54.1 Å². The molecule has 0 saturated heterocycles. The highest BCUT2D eigenvalue weighted by molar-refractivity contribution is 6.04. The van der Waals surface area contributed by atoms with Crippen LogP contribution in [0.3, 0.4) is 0 Å². The fraction of sp³-hybridized carbons (Fsp3) is 0.0952. The third-order valence-corrected chi connectivity index (χ3v) is 4.21. The van der Waals surface area contributed by atoms with Gasteiger partial charge in [-0.25, -0.2) is 4.98 Å². The molecule has 0 bridgehead atoms. The Morgan fingerprint density at radius 1 is 1.07 bits per heavy atom. The average molecular weight is 372 g/mol. The van der Waals surface area contributed by atoms with Crippen molar-refractivity contribution in [1.82, 2.24) is 4.98 Å². The maximum atomic E-state index is 12.3. The van der Waals surface area contributed by atoms with Crippen LogP contribution in [0.5, 0.6) is 11.5 Å². The van der Waals surface area contributed by atoms with Crippen LogP contribution in [0.25, 0.3) is 0 Å². The number of hydrogen-bond donors (Lipinski definition) is 2. The number of nitrogens with one attached hydrogen (secondary N) is 2. The molecule has 0 aliphatic carbocycles. The molecule has 138 valence electrons. The molecule has 1 aromatic heterocycles. The van der Waals surface area contributed by atoms with Crippen LogP contribution in [0, 0.1) is 11.3 Å². The van der Waals surface area contributed by atoms with Gasteiger partial charge in [0.15, 0.2) is 11.5 Å². The zero-order chi connectivity index (χ0) is 19.3. The van der Waals surface area contributed by atoms with Gasteiger partial charge >= 0.3 is 0 Å². The molecule has 1 aliphatic heterocycles. The third-order valence-electron chi connectivity index (χ3n) is 4.21. The van der Waals surface area contributed by atoms with Crippen molar-refractivity contribution < 1.29 is 14.3 Å². The highest BCUT2D eigenvalue weighted by atomic mass is 16.7. The summed E-state index contributed by atoms with van der Waals surface area (Å²) >= 11 is 0. The van der Waals surface area contributed by atoms with Crippen molar-refractivity contribution in [2.24, 2.45) is 0 Å². The number of rotatable bonds is 5. The van der Waals surface area contributed by atoms with Gasteiger partial charge in [-0.1, -0.05) is 6.07 Å². The quantitative estimate of drug-likeness (QED) is 0.711. The van der Waals surface area contributed by atoms with Crippen LogP contribution >= 0.6 is 0 Å². The van der Waals surface area contributed by atoms with Crippen LogP contribution in [0.15, 0.2) is 60.8 Å². The highest BCUT2D eigenvalue weighted by Gasteiger charge is 2.13. The summed E-state index contributed by atoms with van der Waals surface area (Å²) in [5.74, 6) is 1.88. The monoisotopic (exact) mass is 372 g/mol. The van der Waals surface area contributed by atoms with Gasteiger partial charge in [0.25, 0.3) is 5.91 Å². The number of carbonyl (C=O) groups excluding carboxylic acids is 1. The van der Waals surface area contributed by atoms with Gasteiger partial charge < -0.3 is 20.1 Å². The molecule has 2 N–H and O–H groups in total. The number of fused-ring (bicyclic) bond motifs is 1. The topological polar surface area (TPSA) is 96.3 Å². The molecule has 1 amide bonds. The van der Waals surface area contributed by atoms with E-state index in [9.17, 15) is 4.79 Å². The number of anilines is 2. The van der Waals surface area contributed by atoms with Crippen LogP contribution in [-0.2, 0) is 6.54 Å². The number of pyridine rings is 1. The van der Waals surface area contributed by atoms with Crippen LogP contribution in [-0.4, -0.2) is 17.7 Å². The molecule has 28 heavy (non-hydrogen) atoms. The van der Waals surface area contributed by atoms with Gasteiger partial charge in [0.05, 0.1) is 17.2 Å². The molecule has 3 aromatic rings. The molecule has 0 fully saturated rings. The number of benzene rings is 2. The zero-order valence-corrected chi connectivity index (χ0v) is 14.8. The summed E-state index contributed by atoms with van der Waals surface area (Å²) in [7, 11) is 0. The Labute approximate surface area is 161 Å². The molecule has 4 rings (SSSR count). The molecule has 0 unspecified atom stereocenters.